The molecule has 0 atom stereocenters. The molecule has 0 saturated carbocycles. The second-order valence-corrected chi connectivity index (χ2v) is 6.20. The fourth-order valence-electron chi connectivity index (χ4n) is 1.30. The van der Waals surface area contributed by atoms with E-state index in [1.807, 2.05) is 0 Å². The first-order valence-corrected chi connectivity index (χ1v) is 7.15. The maximum Gasteiger partial charge on any atom is 0.255 e. The Labute approximate surface area is 101 Å². The van der Waals surface area contributed by atoms with Crippen molar-refractivity contribution in [2.75, 3.05) is 31.3 Å². The number of carbonyl (C=O) groups is 1. The van der Waals surface area contributed by atoms with Crippen LogP contribution in [0.3, 0.4) is 0 Å². The molecule has 0 aliphatic carbocycles. The van der Waals surface area contributed by atoms with Crippen LogP contribution in [-0.4, -0.2) is 44.8 Å². The number of sulfone groups is 1. The molecular weight excluding hydrogens is 240 g/mol. The van der Waals surface area contributed by atoms with Crippen molar-refractivity contribution in [2.45, 2.75) is 0 Å². The van der Waals surface area contributed by atoms with E-state index in [1.165, 1.54) is 4.90 Å². The molecule has 17 heavy (non-hydrogen) atoms. The van der Waals surface area contributed by atoms with Crippen LogP contribution in [0.5, 0.6) is 0 Å². The number of benzene rings is 1. The molecule has 0 unspecified atom stereocenters. The van der Waals surface area contributed by atoms with Crippen LogP contribution in [0.25, 0.3) is 0 Å². The molecule has 0 aromatic heterocycles. The fraction of sp³-hybridized carbons (Fsp3) is 0.364. The first-order chi connectivity index (χ1) is 7.81. The lowest BCUT2D eigenvalue weighted by Crippen LogP contribution is -2.31. The number of nitrogen functional groups attached to an aromatic ring is 1. The minimum Gasteiger partial charge on any atom is -0.398 e. The van der Waals surface area contributed by atoms with Crippen LogP contribution in [0, 0.1) is 0 Å². The summed E-state index contributed by atoms with van der Waals surface area (Å²) in [5.41, 5.74) is 6.46. The predicted octanol–water partition coefficient (Wildman–Crippen LogP) is 0.385. The van der Waals surface area contributed by atoms with Gasteiger partial charge < -0.3 is 10.6 Å². The van der Waals surface area contributed by atoms with Crippen LogP contribution in [0.15, 0.2) is 24.3 Å². The lowest BCUT2D eigenvalue weighted by Gasteiger charge is -2.17. The van der Waals surface area contributed by atoms with E-state index in [9.17, 15) is 13.2 Å². The van der Waals surface area contributed by atoms with Gasteiger partial charge >= 0.3 is 0 Å². The van der Waals surface area contributed by atoms with Gasteiger partial charge in [0.25, 0.3) is 5.91 Å². The number of amides is 1. The molecule has 0 bridgehead atoms. The Morgan fingerprint density at radius 1 is 1.35 bits per heavy atom. The van der Waals surface area contributed by atoms with E-state index in [2.05, 4.69) is 0 Å². The van der Waals surface area contributed by atoms with Crippen LogP contribution in [-0.2, 0) is 9.84 Å². The Bertz CT molecular complexity index is 511. The van der Waals surface area contributed by atoms with Gasteiger partial charge in [-0.05, 0) is 12.1 Å². The Morgan fingerprint density at radius 3 is 2.47 bits per heavy atom. The summed E-state index contributed by atoms with van der Waals surface area (Å²) in [5, 5.41) is 0. The number of para-hydroxylation sites is 1. The van der Waals surface area contributed by atoms with Gasteiger partial charge in [-0.15, -0.1) is 0 Å². The van der Waals surface area contributed by atoms with Crippen molar-refractivity contribution >= 4 is 21.4 Å². The van der Waals surface area contributed by atoms with E-state index in [4.69, 9.17) is 5.73 Å². The molecule has 0 aliphatic heterocycles. The fourth-order valence-corrected chi connectivity index (χ4v) is 1.91. The third-order valence-corrected chi connectivity index (χ3v) is 3.26. The van der Waals surface area contributed by atoms with E-state index in [-0.39, 0.29) is 18.2 Å². The lowest BCUT2D eigenvalue weighted by atomic mass is 10.1. The van der Waals surface area contributed by atoms with E-state index in [1.54, 1.807) is 31.3 Å². The number of nitrogens with two attached hydrogens (primary N) is 1. The van der Waals surface area contributed by atoms with Gasteiger partial charge in [0.15, 0.2) is 0 Å². The second kappa shape index (κ2) is 5.18. The molecule has 1 aromatic rings. The zero-order valence-electron chi connectivity index (χ0n) is 9.88. The van der Waals surface area contributed by atoms with Crippen molar-refractivity contribution in [1.82, 2.24) is 4.90 Å². The van der Waals surface area contributed by atoms with Crippen LogP contribution in [0.1, 0.15) is 10.4 Å². The summed E-state index contributed by atoms with van der Waals surface area (Å²) in [6.07, 6.45) is 1.14. The van der Waals surface area contributed by atoms with Crippen molar-refractivity contribution in [3.05, 3.63) is 29.8 Å². The highest BCUT2D eigenvalue weighted by Crippen LogP contribution is 2.12. The maximum absolute atomic E-state index is 11.9. The molecule has 1 rings (SSSR count). The van der Waals surface area contributed by atoms with E-state index in [0.29, 0.717) is 11.3 Å². The van der Waals surface area contributed by atoms with Crippen LogP contribution in [0.4, 0.5) is 5.69 Å². The predicted molar refractivity (Wildman–Crippen MR) is 67.5 cm³/mol. The van der Waals surface area contributed by atoms with Gasteiger partial charge in [-0.2, -0.15) is 0 Å². The lowest BCUT2D eigenvalue weighted by molar-refractivity contribution is 0.0804. The molecule has 94 valence electrons. The molecule has 0 fully saturated rings. The molecular formula is C11H16N2O3S. The monoisotopic (exact) mass is 256 g/mol. The van der Waals surface area contributed by atoms with Gasteiger partial charge in [0.1, 0.15) is 9.84 Å². The number of rotatable bonds is 4. The molecule has 2 N–H and O–H groups in total. The van der Waals surface area contributed by atoms with E-state index < -0.39 is 9.84 Å². The Kier molecular flexibility index (Phi) is 4.11. The Balaban J connectivity index is 2.74. The summed E-state index contributed by atoms with van der Waals surface area (Å²) >= 11 is 0. The molecule has 0 heterocycles. The summed E-state index contributed by atoms with van der Waals surface area (Å²) < 4.78 is 22.0. The normalized spacial score (nSPS) is 11.2. The average molecular weight is 256 g/mol. The Morgan fingerprint density at radius 2 is 1.94 bits per heavy atom. The van der Waals surface area contributed by atoms with Crippen LogP contribution >= 0.6 is 0 Å². The molecule has 1 amide bonds. The topological polar surface area (TPSA) is 80.5 Å². The van der Waals surface area contributed by atoms with Crippen molar-refractivity contribution < 1.29 is 13.2 Å². The number of hydrogen-bond acceptors (Lipinski definition) is 4. The van der Waals surface area contributed by atoms with Gasteiger partial charge in [0.05, 0.1) is 11.3 Å². The van der Waals surface area contributed by atoms with E-state index >= 15 is 0 Å². The zero-order chi connectivity index (χ0) is 13.1. The maximum atomic E-state index is 11.9. The third kappa shape index (κ3) is 4.07. The highest BCUT2D eigenvalue weighted by atomic mass is 32.2. The molecule has 1 aromatic carbocycles. The molecule has 0 saturated heterocycles. The average Bonchev–Trinajstić information content (AvgIpc) is 2.24. The third-order valence-electron chi connectivity index (χ3n) is 2.34. The molecule has 6 heteroatoms. The first kappa shape index (κ1) is 13.5. The summed E-state index contributed by atoms with van der Waals surface area (Å²) in [7, 11) is -1.51. The van der Waals surface area contributed by atoms with Gasteiger partial charge in [-0.25, -0.2) is 8.42 Å². The van der Waals surface area contributed by atoms with Gasteiger partial charge in [0, 0.05) is 25.5 Å². The van der Waals surface area contributed by atoms with Crippen molar-refractivity contribution in [3.63, 3.8) is 0 Å². The standard InChI is InChI=1S/C11H16N2O3S/c1-13(7-8-17(2,15)16)11(14)9-5-3-4-6-10(9)12/h3-6H,7-8,12H2,1-2H3. The number of hydrogen-bond donors (Lipinski definition) is 1. The quantitative estimate of drug-likeness (QED) is 0.790. The van der Waals surface area contributed by atoms with E-state index in [0.717, 1.165) is 6.26 Å². The van der Waals surface area contributed by atoms with Crippen molar-refractivity contribution in [1.29, 1.82) is 0 Å². The molecule has 0 radical (unpaired) electrons. The summed E-state index contributed by atoms with van der Waals surface area (Å²) in [4.78, 5) is 13.3. The first-order valence-electron chi connectivity index (χ1n) is 5.09. The number of anilines is 1. The zero-order valence-corrected chi connectivity index (χ0v) is 10.7. The minimum absolute atomic E-state index is 0.0536. The summed E-state index contributed by atoms with van der Waals surface area (Å²) in [6, 6.07) is 6.71. The van der Waals surface area contributed by atoms with Crippen LogP contribution < -0.4 is 5.73 Å². The van der Waals surface area contributed by atoms with Gasteiger partial charge in [-0.1, -0.05) is 12.1 Å². The number of nitrogens with zero attached hydrogens (tertiary/aromatic N) is 1. The number of carbonyl (C=O) groups excluding carboxylic acids is 1. The highest BCUT2D eigenvalue weighted by Gasteiger charge is 2.15. The smallest absolute Gasteiger partial charge is 0.255 e. The largest absolute Gasteiger partial charge is 0.398 e. The minimum atomic E-state index is -3.07. The highest BCUT2D eigenvalue weighted by molar-refractivity contribution is 7.90. The van der Waals surface area contributed by atoms with Crippen LogP contribution in [0.2, 0.25) is 0 Å². The molecule has 0 aliphatic rings. The summed E-state index contributed by atoms with van der Waals surface area (Å²) in [5.74, 6) is -0.325. The Hall–Kier alpha value is -1.56. The molecule has 0 spiro atoms. The van der Waals surface area contributed by atoms with Crippen molar-refractivity contribution in [3.8, 4) is 0 Å². The second-order valence-electron chi connectivity index (χ2n) is 3.94. The summed E-state index contributed by atoms with van der Waals surface area (Å²) in [6.45, 7) is 0.159. The van der Waals surface area contributed by atoms with Gasteiger partial charge in [-0.3, -0.25) is 4.79 Å². The van der Waals surface area contributed by atoms with Crippen molar-refractivity contribution in [2.24, 2.45) is 0 Å². The molecule has 5 nitrogen and oxygen atoms in total. The van der Waals surface area contributed by atoms with Gasteiger partial charge in [0.2, 0.25) is 0 Å². The SMILES string of the molecule is CN(CCS(C)(=O)=O)C(=O)c1ccccc1N.